The van der Waals surface area contributed by atoms with Crippen LogP contribution in [-0.2, 0) is 17.8 Å². The maximum Gasteiger partial charge on any atom is 0.226 e. The zero-order valence-electron chi connectivity index (χ0n) is 11.3. The highest BCUT2D eigenvalue weighted by Crippen LogP contribution is 2.18. The number of hydrogen-bond donors (Lipinski definition) is 1. The number of oxazole rings is 1. The highest BCUT2D eigenvalue weighted by atomic mass is 32.1. The zero-order valence-corrected chi connectivity index (χ0v) is 12.1. The number of carbonyl (C=O) groups excluding carboxylic acids is 1. The molecule has 0 unspecified atom stereocenters. The summed E-state index contributed by atoms with van der Waals surface area (Å²) in [5.74, 6) is 0.480. The lowest BCUT2D eigenvalue weighted by Crippen LogP contribution is -2.24. The van der Waals surface area contributed by atoms with Gasteiger partial charge in [-0.15, -0.1) is 11.3 Å². The van der Waals surface area contributed by atoms with E-state index in [2.05, 4.69) is 10.3 Å². The fourth-order valence-corrected chi connectivity index (χ4v) is 2.57. The van der Waals surface area contributed by atoms with Gasteiger partial charge in [-0.05, 0) is 23.6 Å². The van der Waals surface area contributed by atoms with Gasteiger partial charge in [0.1, 0.15) is 6.26 Å². The van der Waals surface area contributed by atoms with E-state index < -0.39 is 0 Å². The van der Waals surface area contributed by atoms with Crippen LogP contribution in [0.15, 0.2) is 58.5 Å². The Morgan fingerprint density at radius 1 is 1.19 bits per heavy atom. The van der Waals surface area contributed by atoms with Crippen LogP contribution in [0.1, 0.15) is 10.6 Å². The fraction of sp³-hybridized carbons (Fsp3) is 0.125. The van der Waals surface area contributed by atoms with Gasteiger partial charge in [-0.3, -0.25) is 4.79 Å². The molecule has 4 nitrogen and oxygen atoms in total. The molecule has 0 fully saturated rings. The molecule has 2 aromatic heterocycles. The van der Waals surface area contributed by atoms with Gasteiger partial charge in [0.25, 0.3) is 0 Å². The van der Waals surface area contributed by atoms with Gasteiger partial charge in [0.05, 0.1) is 18.7 Å². The van der Waals surface area contributed by atoms with Gasteiger partial charge in [0.15, 0.2) is 0 Å². The summed E-state index contributed by atoms with van der Waals surface area (Å²) in [6.07, 6.45) is 1.76. The molecular weight excluding hydrogens is 284 g/mol. The summed E-state index contributed by atoms with van der Waals surface area (Å²) in [4.78, 5) is 17.3. The Hall–Kier alpha value is -2.40. The number of rotatable bonds is 5. The van der Waals surface area contributed by atoms with E-state index in [9.17, 15) is 4.79 Å². The second kappa shape index (κ2) is 6.37. The van der Waals surface area contributed by atoms with Crippen molar-refractivity contribution in [2.75, 3.05) is 0 Å². The van der Waals surface area contributed by atoms with E-state index in [4.69, 9.17) is 4.42 Å². The monoisotopic (exact) mass is 298 g/mol. The van der Waals surface area contributed by atoms with Gasteiger partial charge in [0.2, 0.25) is 11.8 Å². The summed E-state index contributed by atoms with van der Waals surface area (Å²) in [7, 11) is 0. The molecule has 0 saturated carbocycles. The first kappa shape index (κ1) is 13.6. The van der Waals surface area contributed by atoms with Crippen LogP contribution in [0.3, 0.4) is 0 Å². The lowest BCUT2D eigenvalue weighted by Gasteiger charge is -2.01. The first-order valence-corrected chi connectivity index (χ1v) is 7.48. The first-order valence-electron chi connectivity index (χ1n) is 6.60. The maximum absolute atomic E-state index is 11.9. The van der Waals surface area contributed by atoms with Gasteiger partial charge in [0, 0.05) is 10.4 Å². The van der Waals surface area contributed by atoms with Crippen molar-refractivity contribution >= 4 is 17.2 Å². The lowest BCUT2D eigenvalue weighted by atomic mass is 10.2. The van der Waals surface area contributed by atoms with Crippen molar-refractivity contribution in [1.29, 1.82) is 0 Å². The third kappa shape index (κ3) is 3.58. The van der Waals surface area contributed by atoms with Gasteiger partial charge in [-0.2, -0.15) is 0 Å². The van der Waals surface area contributed by atoms with Crippen LogP contribution in [0.4, 0.5) is 0 Å². The Morgan fingerprint density at radius 3 is 2.81 bits per heavy atom. The van der Waals surface area contributed by atoms with Gasteiger partial charge in [-0.25, -0.2) is 4.98 Å². The first-order chi connectivity index (χ1) is 10.3. The summed E-state index contributed by atoms with van der Waals surface area (Å²) in [5.41, 5.74) is 1.54. The zero-order chi connectivity index (χ0) is 14.5. The third-order valence-corrected chi connectivity index (χ3v) is 3.83. The van der Waals surface area contributed by atoms with Gasteiger partial charge >= 0.3 is 0 Å². The van der Waals surface area contributed by atoms with Crippen molar-refractivity contribution in [3.05, 3.63) is 64.7 Å². The molecule has 3 rings (SSSR count). The topological polar surface area (TPSA) is 55.1 Å². The Balaban J connectivity index is 1.58. The number of carbonyl (C=O) groups is 1. The fourth-order valence-electron chi connectivity index (χ4n) is 1.93. The molecule has 0 aliphatic heterocycles. The van der Waals surface area contributed by atoms with Gasteiger partial charge < -0.3 is 9.73 Å². The Labute approximate surface area is 126 Å². The average Bonchev–Trinajstić information content (AvgIpc) is 3.17. The largest absolute Gasteiger partial charge is 0.444 e. The quantitative estimate of drug-likeness (QED) is 0.786. The van der Waals surface area contributed by atoms with E-state index in [0.717, 1.165) is 10.4 Å². The number of aromatic nitrogens is 1. The number of amides is 1. The molecule has 3 aromatic rings. The van der Waals surface area contributed by atoms with Crippen LogP contribution >= 0.6 is 11.3 Å². The Bertz CT molecular complexity index is 705. The molecule has 0 radical (unpaired) electrons. The van der Waals surface area contributed by atoms with Crippen molar-refractivity contribution in [3.63, 3.8) is 0 Å². The molecule has 0 bridgehead atoms. The van der Waals surface area contributed by atoms with Crippen molar-refractivity contribution in [2.24, 2.45) is 0 Å². The molecule has 0 atom stereocenters. The smallest absolute Gasteiger partial charge is 0.226 e. The SMILES string of the molecule is O=C(Cc1coc(-c2ccccc2)n1)NCc1cccs1. The van der Waals surface area contributed by atoms with Crippen LogP contribution in [0.5, 0.6) is 0 Å². The Kier molecular flexibility index (Phi) is 4.12. The Morgan fingerprint density at radius 2 is 2.05 bits per heavy atom. The number of nitrogens with one attached hydrogen (secondary N) is 1. The molecule has 5 heteroatoms. The van der Waals surface area contributed by atoms with Crippen LogP contribution in [-0.4, -0.2) is 10.9 Å². The molecule has 21 heavy (non-hydrogen) atoms. The minimum absolute atomic E-state index is 0.0590. The summed E-state index contributed by atoms with van der Waals surface area (Å²) in [5, 5.41) is 4.86. The van der Waals surface area contributed by atoms with E-state index in [1.165, 1.54) is 6.26 Å². The normalized spacial score (nSPS) is 10.5. The number of benzene rings is 1. The van der Waals surface area contributed by atoms with E-state index in [1.54, 1.807) is 11.3 Å². The molecule has 0 spiro atoms. The molecule has 0 aliphatic rings. The van der Waals surface area contributed by atoms with Crippen molar-refractivity contribution in [2.45, 2.75) is 13.0 Å². The number of thiophene rings is 1. The molecule has 2 heterocycles. The lowest BCUT2D eigenvalue weighted by molar-refractivity contribution is -0.120. The molecular formula is C16H14N2O2S. The van der Waals surface area contributed by atoms with E-state index in [0.29, 0.717) is 18.1 Å². The highest BCUT2D eigenvalue weighted by molar-refractivity contribution is 7.09. The summed E-state index contributed by atoms with van der Waals surface area (Å²) in [6, 6.07) is 13.6. The van der Waals surface area contributed by atoms with Gasteiger partial charge in [-0.1, -0.05) is 24.3 Å². The maximum atomic E-state index is 11.9. The van der Waals surface area contributed by atoms with Crippen molar-refractivity contribution in [1.82, 2.24) is 10.3 Å². The van der Waals surface area contributed by atoms with E-state index >= 15 is 0 Å². The van der Waals surface area contributed by atoms with Crippen LogP contribution in [0.25, 0.3) is 11.5 Å². The number of nitrogens with zero attached hydrogens (tertiary/aromatic N) is 1. The van der Waals surface area contributed by atoms with Crippen LogP contribution < -0.4 is 5.32 Å². The second-order valence-electron chi connectivity index (χ2n) is 4.54. The number of hydrogen-bond acceptors (Lipinski definition) is 4. The molecule has 1 aromatic carbocycles. The second-order valence-corrected chi connectivity index (χ2v) is 5.58. The van der Waals surface area contributed by atoms with Crippen molar-refractivity contribution in [3.8, 4) is 11.5 Å². The summed E-state index contributed by atoms with van der Waals surface area (Å²) >= 11 is 1.62. The molecule has 1 N–H and O–H groups in total. The minimum Gasteiger partial charge on any atom is -0.444 e. The third-order valence-electron chi connectivity index (χ3n) is 2.95. The summed E-state index contributed by atoms with van der Waals surface area (Å²) in [6.45, 7) is 0.555. The van der Waals surface area contributed by atoms with Crippen LogP contribution in [0.2, 0.25) is 0 Å². The predicted molar refractivity (Wildman–Crippen MR) is 81.8 cm³/mol. The molecule has 106 valence electrons. The standard InChI is InChI=1S/C16H14N2O2S/c19-15(17-10-14-7-4-8-21-14)9-13-11-20-16(18-13)12-5-2-1-3-6-12/h1-8,11H,9-10H2,(H,17,19). The summed E-state index contributed by atoms with van der Waals surface area (Å²) < 4.78 is 5.41. The molecule has 1 amide bonds. The highest BCUT2D eigenvalue weighted by Gasteiger charge is 2.10. The van der Waals surface area contributed by atoms with E-state index in [1.807, 2.05) is 47.8 Å². The van der Waals surface area contributed by atoms with E-state index in [-0.39, 0.29) is 12.3 Å². The van der Waals surface area contributed by atoms with Crippen molar-refractivity contribution < 1.29 is 9.21 Å². The predicted octanol–water partition coefficient (Wildman–Crippen LogP) is 3.26. The van der Waals surface area contributed by atoms with Crippen LogP contribution in [0, 0.1) is 0 Å². The average molecular weight is 298 g/mol. The minimum atomic E-state index is -0.0590. The molecule has 0 aliphatic carbocycles. The molecule has 0 saturated heterocycles.